The van der Waals surface area contributed by atoms with Crippen LogP contribution in [0, 0.1) is 0 Å². The maximum absolute atomic E-state index is 12.1. The maximum Gasteiger partial charge on any atom is 0.414 e. The van der Waals surface area contributed by atoms with Crippen molar-refractivity contribution in [2.75, 3.05) is 7.05 Å². The smallest absolute Gasteiger partial charge is 0.414 e. The van der Waals surface area contributed by atoms with E-state index in [4.69, 9.17) is 4.74 Å². The second kappa shape index (κ2) is 7.64. The van der Waals surface area contributed by atoms with Crippen LogP contribution in [0.1, 0.15) is 32.8 Å². The van der Waals surface area contributed by atoms with Crippen LogP contribution >= 0.6 is 0 Å². The number of carboxylic acids is 1. The molecule has 6 nitrogen and oxygen atoms in total. The summed E-state index contributed by atoms with van der Waals surface area (Å²) in [5.41, 5.74) is 1.51. The Kier molecular flexibility index (Phi) is 5.75. The molecule has 140 valence electrons. The third kappa shape index (κ3) is 4.65. The second-order valence-corrected chi connectivity index (χ2v) is 7.25. The quantitative estimate of drug-likeness (QED) is 0.822. The molecule has 0 bridgehead atoms. The molecule has 2 rings (SSSR count). The number of aromatic nitrogens is 1. The number of likely N-dealkylation sites (N-methyl/N-ethyl adjacent to an activating group) is 1. The number of para-hydroxylation sites is 1. The van der Waals surface area contributed by atoms with E-state index in [1.807, 2.05) is 25.2 Å². The number of carbonyl (C=O) groups is 2. The van der Waals surface area contributed by atoms with Crippen LogP contribution in [-0.4, -0.2) is 39.3 Å². The zero-order valence-corrected chi connectivity index (χ0v) is 15.9. The second-order valence-electron chi connectivity index (χ2n) is 7.25. The average Bonchev–Trinajstić information content (AvgIpc) is 2.86. The van der Waals surface area contributed by atoms with Crippen molar-refractivity contribution in [2.45, 2.75) is 39.2 Å². The molecule has 0 fully saturated rings. The summed E-state index contributed by atoms with van der Waals surface area (Å²) in [5, 5.41) is 10.6. The summed E-state index contributed by atoms with van der Waals surface area (Å²) in [7, 11) is 3.40. The molecule has 1 heterocycles. The van der Waals surface area contributed by atoms with Crippen LogP contribution in [-0.2, 0) is 23.0 Å². The predicted octanol–water partition coefficient (Wildman–Crippen LogP) is 3.95. The number of aliphatic carboxylic acids is 1. The Bertz CT molecular complexity index is 843. The fourth-order valence-electron chi connectivity index (χ4n) is 2.79. The molecule has 0 saturated carbocycles. The normalized spacial score (nSPS) is 12.3. The van der Waals surface area contributed by atoms with E-state index in [1.54, 1.807) is 26.8 Å². The van der Waals surface area contributed by atoms with E-state index in [1.165, 1.54) is 7.05 Å². The lowest BCUT2D eigenvalue weighted by Crippen LogP contribution is -2.35. The van der Waals surface area contributed by atoms with Gasteiger partial charge < -0.3 is 14.4 Å². The van der Waals surface area contributed by atoms with Crippen molar-refractivity contribution in [1.29, 1.82) is 0 Å². The lowest BCUT2D eigenvalue weighted by Gasteiger charge is -2.24. The number of allylic oxidation sites excluding steroid dienone is 1. The molecule has 2 aromatic rings. The fourth-order valence-corrected chi connectivity index (χ4v) is 2.79. The van der Waals surface area contributed by atoms with Crippen molar-refractivity contribution in [1.82, 2.24) is 9.47 Å². The van der Waals surface area contributed by atoms with Crippen molar-refractivity contribution >= 4 is 23.0 Å². The molecule has 1 aromatic carbocycles. The third-order valence-corrected chi connectivity index (χ3v) is 3.98. The van der Waals surface area contributed by atoms with Gasteiger partial charge >= 0.3 is 12.1 Å². The van der Waals surface area contributed by atoms with E-state index in [2.05, 4.69) is 16.8 Å². The van der Waals surface area contributed by atoms with Crippen molar-refractivity contribution in [2.24, 2.45) is 7.05 Å². The topological polar surface area (TPSA) is 71.8 Å². The van der Waals surface area contributed by atoms with Gasteiger partial charge in [-0.25, -0.2) is 9.59 Å². The first-order valence-corrected chi connectivity index (χ1v) is 8.53. The molecule has 0 aliphatic heterocycles. The van der Waals surface area contributed by atoms with Gasteiger partial charge in [0.05, 0.1) is 0 Å². The number of ether oxygens (including phenoxy) is 1. The third-order valence-electron chi connectivity index (χ3n) is 3.98. The van der Waals surface area contributed by atoms with Crippen LogP contribution in [0.25, 0.3) is 10.9 Å². The number of aryl methyl sites for hydroxylation is 2. The van der Waals surface area contributed by atoms with Crippen LogP contribution in [0.3, 0.4) is 0 Å². The summed E-state index contributed by atoms with van der Waals surface area (Å²) in [6.07, 6.45) is 4.12. The molecule has 0 spiro atoms. The summed E-state index contributed by atoms with van der Waals surface area (Å²) in [6, 6.07) is 8.08. The van der Waals surface area contributed by atoms with Gasteiger partial charge in [-0.2, -0.15) is 0 Å². The predicted molar refractivity (Wildman–Crippen MR) is 101 cm³/mol. The molecule has 0 saturated heterocycles. The van der Waals surface area contributed by atoms with Gasteiger partial charge in [0, 0.05) is 31.2 Å². The first kappa shape index (κ1) is 19.6. The number of benzene rings is 1. The van der Waals surface area contributed by atoms with Gasteiger partial charge in [0.15, 0.2) is 0 Å². The van der Waals surface area contributed by atoms with E-state index >= 15 is 0 Å². The Labute approximate surface area is 153 Å². The van der Waals surface area contributed by atoms with Gasteiger partial charge in [0.25, 0.3) is 0 Å². The van der Waals surface area contributed by atoms with Crippen molar-refractivity contribution in [3.63, 3.8) is 0 Å². The Morgan fingerprint density at radius 1 is 1.27 bits per heavy atom. The first-order valence-electron chi connectivity index (χ1n) is 8.53. The van der Waals surface area contributed by atoms with Crippen LogP contribution in [0.4, 0.5) is 4.79 Å². The SMILES string of the molecule is CN(C(=O)OC(C)(C)C)/C(=C\CCc1cn(C)c2ccccc12)C(=O)O. The summed E-state index contributed by atoms with van der Waals surface area (Å²) in [6.45, 7) is 5.22. The lowest BCUT2D eigenvalue weighted by atomic mass is 10.1. The summed E-state index contributed by atoms with van der Waals surface area (Å²) in [4.78, 5) is 24.7. The maximum atomic E-state index is 12.1. The van der Waals surface area contributed by atoms with Crippen molar-refractivity contribution in [3.8, 4) is 0 Å². The molecule has 0 atom stereocenters. The standard InChI is InChI=1S/C20H26N2O4/c1-20(2,3)26-19(25)22(5)17(18(23)24)12-8-9-14-13-21(4)16-11-7-6-10-15(14)16/h6-7,10-13H,8-9H2,1-5H3,(H,23,24)/b17-12-. The monoisotopic (exact) mass is 358 g/mol. The molecule has 26 heavy (non-hydrogen) atoms. The minimum atomic E-state index is -1.16. The first-order chi connectivity index (χ1) is 12.1. The average molecular weight is 358 g/mol. The van der Waals surface area contributed by atoms with E-state index in [9.17, 15) is 14.7 Å². The summed E-state index contributed by atoms with van der Waals surface area (Å²) < 4.78 is 7.29. The summed E-state index contributed by atoms with van der Waals surface area (Å²) >= 11 is 0. The molecule has 0 unspecified atom stereocenters. The highest BCUT2D eigenvalue weighted by Crippen LogP contribution is 2.22. The number of carboxylic acid groups (broad SMARTS) is 1. The van der Waals surface area contributed by atoms with E-state index in [0.29, 0.717) is 12.8 Å². The largest absolute Gasteiger partial charge is 0.477 e. The minimum Gasteiger partial charge on any atom is -0.477 e. The number of nitrogens with zero attached hydrogens (tertiary/aromatic N) is 2. The molecule has 0 aliphatic rings. The van der Waals surface area contributed by atoms with Gasteiger partial charge in [0.1, 0.15) is 11.3 Å². The minimum absolute atomic E-state index is 0.0838. The van der Waals surface area contributed by atoms with Gasteiger partial charge in [-0.15, -0.1) is 0 Å². The molecule has 1 aromatic heterocycles. The van der Waals surface area contributed by atoms with Gasteiger partial charge in [0.2, 0.25) is 0 Å². The van der Waals surface area contributed by atoms with Crippen LogP contribution in [0.15, 0.2) is 42.2 Å². The molecular weight excluding hydrogens is 332 g/mol. The zero-order chi connectivity index (χ0) is 19.5. The van der Waals surface area contributed by atoms with Gasteiger partial charge in [-0.05, 0) is 45.2 Å². The number of carbonyl (C=O) groups excluding carboxylic acids is 1. The van der Waals surface area contributed by atoms with E-state index in [0.717, 1.165) is 21.4 Å². The highest BCUT2D eigenvalue weighted by molar-refractivity contribution is 5.90. The lowest BCUT2D eigenvalue weighted by molar-refractivity contribution is -0.134. The van der Waals surface area contributed by atoms with Crippen LogP contribution in [0.2, 0.25) is 0 Å². The number of amides is 1. The van der Waals surface area contributed by atoms with Crippen LogP contribution < -0.4 is 0 Å². The number of fused-ring (bicyclic) bond motifs is 1. The zero-order valence-electron chi connectivity index (χ0n) is 15.9. The number of rotatable bonds is 5. The Hall–Kier alpha value is -2.76. The highest BCUT2D eigenvalue weighted by atomic mass is 16.6. The summed E-state index contributed by atoms with van der Waals surface area (Å²) in [5.74, 6) is -1.16. The Morgan fingerprint density at radius 2 is 1.92 bits per heavy atom. The molecule has 0 radical (unpaired) electrons. The van der Waals surface area contributed by atoms with E-state index < -0.39 is 17.7 Å². The Morgan fingerprint density at radius 3 is 2.54 bits per heavy atom. The van der Waals surface area contributed by atoms with Crippen molar-refractivity contribution in [3.05, 3.63) is 47.8 Å². The number of hydrogen-bond donors (Lipinski definition) is 1. The fraction of sp³-hybridized carbons (Fsp3) is 0.400. The molecular formula is C20H26N2O4. The molecule has 6 heteroatoms. The molecule has 0 aliphatic carbocycles. The molecule has 1 amide bonds. The van der Waals surface area contributed by atoms with Gasteiger partial charge in [-0.1, -0.05) is 24.3 Å². The van der Waals surface area contributed by atoms with Gasteiger partial charge in [-0.3, -0.25) is 4.90 Å². The van der Waals surface area contributed by atoms with E-state index in [-0.39, 0.29) is 5.70 Å². The van der Waals surface area contributed by atoms with Crippen molar-refractivity contribution < 1.29 is 19.4 Å². The molecule has 1 N–H and O–H groups in total. The highest BCUT2D eigenvalue weighted by Gasteiger charge is 2.24. The number of hydrogen-bond acceptors (Lipinski definition) is 3. The Balaban J connectivity index is 2.14. The van der Waals surface area contributed by atoms with Crippen LogP contribution in [0.5, 0.6) is 0 Å².